The number of hydrogen-bond acceptors (Lipinski definition) is 5. The molecule has 0 amide bonds. The van der Waals surface area contributed by atoms with E-state index in [-0.39, 0.29) is 0 Å². The second-order valence-electron chi connectivity index (χ2n) is 7.19. The fraction of sp³-hybridized carbons (Fsp3) is 0.632. The highest BCUT2D eigenvalue weighted by atomic mass is 15.2. The van der Waals surface area contributed by atoms with Gasteiger partial charge in [-0.2, -0.15) is 5.10 Å². The Hall–Kier alpha value is -1.95. The zero-order valence-electron chi connectivity index (χ0n) is 15.8. The summed E-state index contributed by atoms with van der Waals surface area (Å²) in [5.41, 5.74) is 4.87. The maximum atomic E-state index is 4.58. The smallest absolute Gasteiger partial charge is 0.225 e. The van der Waals surface area contributed by atoms with Gasteiger partial charge < -0.3 is 9.80 Å². The van der Waals surface area contributed by atoms with Crippen LogP contribution in [0.1, 0.15) is 48.2 Å². The van der Waals surface area contributed by atoms with Gasteiger partial charge in [-0.1, -0.05) is 0 Å². The lowest BCUT2D eigenvalue weighted by Gasteiger charge is -2.26. The average molecular weight is 342 g/mol. The SMILES string of the molecule is Cc1n[nH]c(C)c1CCCN(C)Cc1cnc(N2CCCCC2)nc1. The van der Waals surface area contributed by atoms with Crippen LogP contribution in [0.4, 0.5) is 5.95 Å². The molecule has 25 heavy (non-hydrogen) atoms. The molecular weight excluding hydrogens is 312 g/mol. The molecule has 0 spiro atoms. The number of nitrogens with one attached hydrogen (secondary N) is 1. The number of hydrogen-bond donors (Lipinski definition) is 1. The van der Waals surface area contributed by atoms with Crippen LogP contribution in [0.5, 0.6) is 0 Å². The van der Waals surface area contributed by atoms with Crippen molar-refractivity contribution in [2.75, 3.05) is 31.6 Å². The summed E-state index contributed by atoms with van der Waals surface area (Å²) in [6.45, 7) is 8.30. The Labute approximate surface area is 150 Å². The molecule has 0 aromatic carbocycles. The molecule has 1 saturated heterocycles. The van der Waals surface area contributed by atoms with Crippen LogP contribution in [0, 0.1) is 13.8 Å². The molecular formula is C19H30N6. The van der Waals surface area contributed by atoms with Crippen LogP contribution in [-0.4, -0.2) is 51.7 Å². The normalized spacial score (nSPS) is 15.1. The van der Waals surface area contributed by atoms with E-state index in [2.05, 4.69) is 50.9 Å². The van der Waals surface area contributed by atoms with Gasteiger partial charge in [0.25, 0.3) is 0 Å². The molecule has 0 bridgehead atoms. The highest BCUT2D eigenvalue weighted by Crippen LogP contribution is 2.16. The van der Waals surface area contributed by atoms with E-state index in [4.69, 9.17) is 0 Å². The van der Waals surface area contributed by atoms with Crippen molar-refractivity contribution in [2.45, 2.75) is 52.5 Å². The van der Waals surface area contributed by atoms with Crippen molar-refractivity contribution in [2.24, 2.45) is 0 Å². The van der Waals surface area contributed by atoms with Gasteiger partial charge in [-0.3, -0.25) is 5.10 Å². The van der Waals surface area contributed by atoms with E-state index in [1.54, 1.807) is 0 Å². The van der Waals surface area contributed by atoms with Gasteiger partial charge in [0.15, 0.2) is 0 Å². The molecule has 1 N–H and O–H groups in total. The molecule has 3 rings (SSSR count). The highest BCUT2D eigenvalue weighted by Gasteiger charge is 2.13. The second-order valence-corrected chi connectivity index (χ2v) is 7.19. The van der Waals surface area contributed by atoms with Crippen LogP contribution in [0.2, 0.25) is 0 Å². The van der Waals surface area contributed by atoms with Gasteiger partial charge in [0, 0.05) is 43.3 Å². The average Bonchev–Trinajstić information content (AvgIpc) is 2.95. The summed E-state index contributed by atoms with van der Waals surface area (Å²) < 4.78 is 0. The lowest BCUT2D eigenvalue weighted by atomic mass is 10.1. The van der Waals surface area contributed by atoms with E-state index in [9.17, 15) is 0 Å². The third kappa shape index (κ3) is 4.78. The fourth-order valence-corrected chi connectivity index (χ4v) is 3.55. The molecule has 136 valence electrons. The molecule has 2 aromatic rings. The van der Waals surface area contributed by atoms with Gasteiger partial charge in [0.1, 0.15) is 0 Å². The first-order valence-corrected chi connectivity index (χ1v) is 9.38. The van der Waals surface area contributed by atoms with Crippen LogP contribution < -0.4 is 4.90 Å². The first kappa shape index (κ1) is 17.9. The molecule has 1 aliphatic rings. The quantitative estimate of drug-likeness (QED) is 0.838. The third-order valence-corrected chi connectivity index (χ3v) is 5.03. The summed E-state index contributed by atoms with van der Waals surface area (Å²) in [5.74, 6) is 0.886. The standard InChI is InChI=1S/C19H30N6/c1-15-18(16(2)23-22-15)8-7-9-24(3)14-17-12-20-19(21-13-17)25-10-5-4-6-11-25/h12-13H,4-11,14H2,1-3H3,(H,22,23). The highest BCUT2D eigenvalue weighted by molar-refractivity contribution is 5.30. The second kappa shape index (κ2) is 8.43. The molecule has 0 atom stereocenters. The zero-order valence-corrected chi connectivity index (χ0v) is 15.8. The molecule has 1 fully saturated rings. The number of aromatic amines is 1. The summed E-state index contributed by atoms with van der Waals surface area (Å²) in [6.07, 6.45) is 10.0. The fourth-order valence-electron chi connectivity index (χ4n) is 3.55. The van der Waals surface area contributed by atoms with Gasteiger partial charge in [-0.25, -0.2) is 9.97 Å². The largest absolute Gasteiger partial charge is 0.341 e. The monoisotopic (exact) mass is 342 g/mol. The molecule has 6 heteroatoms. The van der Waals surface area contributed by atoms with E-state index in [1.807, 2.05) is 12.4 Å². The summed E-state index contributed by atoms with van der Waals surface area (Å²) in [6, 6.07) is 0. The van der Waals surface area contributed by atoms with Gasteiger partial charge in [-0.05, 0) is 65.1 Å². The van der Waals surface area contributed by atoms with Crippen molar-refractivity contribution in [1.82, 2.24) is 25.1 Å². The minimum atomic E-state index is 0.886. The molecule has 0 aliphatic carbocycles. The van der Waals surface area contributed by atoms with E-state index >= 15 is 0 Å². The van der Waals surface area contributed by atoms with Gasteiger partial charge in [0.05, 0.1) is 5.69 Å². The summed E-state index contributed by atoms with van der Waals surface area (Å²) >= 11 is 0. The molecule has 1 aliphatic heterocycles. The topological polar surface area (TPSA) is 60.9 Å². The number of rotatable bonds is 7. The van der Waals surface area contributed by atoms with E-state index in [1.165, 1.54) is 36.1 Å². The predicted octanol–water partition coefficient (Wildman–Crippen LogP) is 2.87. The van der Waals surface area contributed by atoms with Gasteiger partial charge >= 0.3 is 0 Å². The van der Waals surface area contributed by atoms with E-state index in [0.29, 0.717) is 0 Å². The van der Waals surface area contributed by atoms with Crippen molar-refractivity contribution in [3.63, 3.8) is 0 Å². The van der Waals surface area contributed by atoms with Crippen LogP contribution in [-0.2, 0) is 13.0 Å². The minimum Gasteiger partial charge on any atom is -0.341 e. The van der Waals surface area contributed by atoms with Crippen LogP contribution in [0.25, 0.3) is 0 Å². The van der Waals surface area contributed by atoms with Crippen LogP contribution >= 0.6 is 0 Å². The third-order valence-electron chi connectivity index (χ3n) is 5.03. The van der Waals surface area contributed by atoms with E-state index in [0.717, 1.165) is 50.7 Å². The van der Waals surface area contributed by atoms with Crippen molar-refractivity contribution >= 4 is 5.95 Å². The molecule has 0 unspecified atom stereocenters. The van der Waals surface area contributed by atoms with Crippen molar-refractivity contribution in [3.8, 4) is 0 Å². The van der Waals surface area contributed by atoms with E-state index < -0.39 is 0 Å². The number of anilines is 1. The van der Waals surface area contributed by atoms with Crippen molar-refractivity contribution < 1.29 is 0 Å². The Morgan fingerprint density at radius 3 is 2.48 bits per heavy atom. The Kier molecular flexibility index (Phi) is 6.02. The maximum Gasteiger partial charge on any atom is 0.225 e. The number of aromatic nitrogens is 4. The minimum absolute atomic E-state index is 0.886. The van der Waals surface area contributed by atoms with Gasteiger partial charge in [0.2, 0.25) is 5.95 Å². The number of aryl methyl sites for hydroxylation is 2. The molecule has 6 nitrogen and oxygen atoms in total. The van der Waals surface area contributed by atoms with Gasteiger partial charge in [-0.15, -0.1) is 0 Å². The number of H-pyrrole nitrogens is 1. The Bertz CT molecular complexity index is 638. The summed E-state index contributed by atoms with van der Waals surface area (Å²) in [5, 5.41) is 7.33. The number of piperidine rings is 1. The molecule has 2 aromatic heterocycles. The first-order chi connectivity index (χ1) is 12.1. The van der Waals surface area contributed by atoms with Crippen LogP contribution in [0.15, 0.2) is 12.4 Å². The summed E-state index contributed by atoms with van der Waals surface area (Å²) in [4.78, 5) is 13.8. The maximum absolute atomic E-state index is 4.58. The van der Waals surface area contributed by atoms with Crippen molar-refractivity contribution in [3.05, 3.63) is 34.9 Å². The molecule has 0 saturated carbocycles. The Morgan fingerprint density at radius 2 is 1.84 bits per heavy atom. The lowest BCUT2D eigenvalue weighted by Crippen LogP contribution is -2.31. The van der Waals surface area contributed by atoms with Crippen molar-refractivity contribution in [1.29, 1.82) is 0 Å². The summed E-state index contributed by atoms with van der Waals surface area (Å²) in [7, 11) is 2.16. The predicted molar refractivity (Wildman–Crippen MR) is 101 cm³/mol. The Morgan fingerprint density at radius 1 is 1.12 bits per heavy atom. The first-order valence-electron chi connectivity index (χ1n) is 9.38. The lowest BCUT2D eigenvalue weighted by molar-refractivity contribution is 0.321. The van der Waals surface area contributed by atoms with Crippen LogP contribution in [0.3, 0.4) is 0 Å². The zero-order chi connectivity index (χ0) is 17.6. The number of nitrogens with zero attached hydrogens (tertiary/aromatic N) is 5. The molecule has 3 heterocycles. The Balaban J connectivity index is 1.45. The molecule has 0 radical (unpaired) electrons.